The zero-order valence-electron chi connectivity index (χ0n) is 16.0. The first-order valence-corrected chi connectivity index (χ1v) is 9.83. The van der Waals surface area contributed by atoms with Crippen LogP contribution < -0.4 is 0 Å². The van der Waals surface area contributed by atoms with Crippen LogP contribution in [0.5, 0.6) is 0 Å². The lowest BCUT2D eigenvalue weighted by Crippen LogP contribution is -2.39. The molecule has 2 aromatic rings. The standard InChI is InChI=1S/C22H20ClF3N2O2/c23-20-6-1-14(7-17(20)10-27)11-28-12-15(9-21(29)30)8-18(13-28)16-2-4-19(5-3-16)22(24,25)26/h1-7,15,18H,8-9,11-13H2,(H,29,30)/t15-,18+/m1/s1. The number of aliphatic carboxylic acids is 1. The highest BCUT2D eigenvalue weighted by atomic mass is 35.5. The average Bonchev–Trinajstić information content (AvgIpc) is 2.68. The van der Waals surface area contributed by atoms with Gasteiger partial charge in [0.25, 0.3) is 0 Å². The maximum atomic E-state index is 12.9. The molecule has 4 nitrogen and oxygen atoms in total. The van der Waals surface area contributed by atoms with Gasteiger partial charge in [0.1, 0.15) is 6.07 Å². The van der Waals surface area contributed by atoms with Crippen LogP contribution in [0, 0.1) is 17.2 Å². The molecule has 8 heteroatoms. The highest BCUT2D eigenvalue weighted by Crippen LogP contribution is 2.35. The van der Waals surface area contributed by atoms with Crippen LogP contribution in [-0.2, 0) is 17.5 Å². The van der Waals surface area contributed by atoms with Crippen molar-refractivity contribution in [1.29, 1.82) is 5.26 Å². The summed E-state index contributed by atoms with van der Waals surface area (Å²) < 4.78 is 38.6. The summed E-state index contributed by atoms with van der Waals surface area (Å²) in [5, 5.41) is 18.8. The van der Waals surface area contributed by atoms with Gasteiger partial charge in [0, 0.05) is 26.1 Å². The molecule has 0 bridgehead atoms. The van der Waals surface area contributed by atoms with Crippen molar-refractivity contribution in [3.8, 4) is 6.07 Å². The molecule has 0 aromatic heterocycles. The normalized spacial score (nSPS) is 20.0. The van der Waals surface area contributed by atoms with E-state index in [9.17, 15) is 23.1 Å². The zero-order chi connectivity index (χ0) is 21.9. The number of hydrogen-bond donors (Lipinski definition) is 1. The Morgan fingerprint density at radius 2 is 1.90 bits per heavy atom. The van der Waals surface area contributed by atoms with Gasteiger partial charge in [-0.25, -0.2) is 0 Å². The molecule has 1 heterocycles. The molecule has 1 fully saturated rings. The Bertz CT molecular complexity index is 954. The topological polar surface area (TPSA) is 64.3 Å². The van der Waals surface area contributed by atoms with Crippen LogP contribution in [0.25, 0.3) is 0 Å². The van der Waals surface area contributed by atoms with Crippen LogP contribution in [0.4, 0.5) is 13.2 Å². The van der Waals surface area contributed by atoms with Gasteiger partial charge >= 0.3 is 12.1 Å². The highest BCUT2D eigenvalue weighted by Gasteiger charge is 2.32. The second-order valence-electron chi connectivity index (χ2n) is 7.64. The molecule has 0 aliphatic carbocycles. The monoisotopic (exact) mass is 436 g/mol. The molecule has 1 N–H and O–H groups in total. The first kappa shape index (κ1) is 22.1. The van der Waals surface area contributed by atoms with E-state index in [2.05, 4.69) is 4.90 Å². The molecular weight excluding hydrogens is 417 g/mol. The molecule has 3 rings (SSSR count). The number of likely N-dealkylation sites (tertiary alicyclic amines) is 1. The van der Waals surface area contributed by atoms with Crippen LogP contribution in [0.2, 0.25) is 5.02 Å². The highest BCUT2D eigenvalue weighted by molar-refractivity contribution is 6.31. The summed E-state index contributed by atoms with van der Waals surface area (Å²) in [6, 6.07) is 12.3. The Labute approximate surface area is 177 Å². The predicted octanol–water partition coefficient (Wildman–Crippen LogP) is 5.31. The first-order valence-electron chi connectivity index (χ1n) is 9.45. The molecule has 0 amide bonds. The number of carbonyl (C=O) groups is 1. The number of nitrogens with zero attached hydrogens (tertiary/aromatic N) is 2. The number of benzene rings is 2. The predicted molar refractivity (Wildman–Crippen MR) is 106 cm³/mol. The van der Waals surface area contributed by atoms with Crippen molar-refractivity contribution in [1.82, 2.24) is 4.90 Å². The maximum Gasteiger partial charge on any atom is 0.416 e. The van der Waals surface area contributed by atoms with E-state index >= 15 is 0 Å². The Balaban J connectivity index is 1.80. The fraction of sp³-hybridized carbons (Fsp3) is 0.364. The minimum Gasteiger partial charge on any atom is -0.481 e. The van der Waals surface area contributed by atoms with Gasteiger partial charge in [-0.3, -0.25) is 9.69 Å². The maximum absolute atomic E-state index is 12.9. The molecule has 0 saturated carbocycles. The molecule has 2 atom stereocenters. The molecule has 1 aliphatic rings. The van der Waals surface area contributed by atoms with Crippen molar-refractivity contribution in [3.05, 3.63) is 69.7 Å². The SMILES string of the molecule is N#Cc1cc(CN2C[C@@H](CC(=O)O)C[C@H](c3ccc(C(F)(F)F)cc3)C2)ccc1Cl. The van der Waals surface area contributed by atoms with Crippen molar-refractivity contribution >= 4 is 17.6 Å². The van der Waals surface area contributed by atoms with E-state index in [1.165, 1.54) is 12.1 Å². The summed E-state index contributed by atoms with van der Waals surface area (Å²) >= 11 is 5.99. The Morgan fingerprint density at radius 3 is 2.50 bits per heavy atom. The van der Waals surface area contributed by atoms with Gasteiger partial charge in [0.05, 0.1) is 16.1 Å². The molecule has 1 aliphatic heterocycles. The summed E-state index contributed by atoms with van der Waals surface area (Å²) in [5.41, 5.74) is 1.30. The Kier molecular flexibility index (Phi) is 6.69. The lowest BCUT2D eigenvalue weighted by molar-refractivity contribution is -0.139. The van der Waals surface area contributed by atoms with Crippen LogP contribution in [-0.4, -0.2) is 29.1 Å². The fourth-order valence-corrected chi connectivity index (χ4v) is 4.19. The van der Waals surface area contributed by atoms with Gasteiger partial charge in [0.2, 0.25) is 0 Å². The van der Waals surface area contributed by atoms with Gasteiger partial charge in [-0.1, -0.05) is 29.8 Å². The first-order chi connectivity index (χ1) is 14.2. The van der Waals surface area contributed by atoms with E-state index in [4.69, 9.17) is 16.9 Å². The molecular formula is C22H20ClF3N2O2. The minimum atomic E-state index is -4.39. The van der Waals surface area contributed by atoms with E-state index in [0.29, 0.717) is 36.6 Å². The molecule has 0 unspecified atom stereocenters. The largest absolute Gasteiger partial charge is 0.481 e. The minimum absolute atomic E-state index is 0.00228. The lowest BCUT2D eigenvalue weighted by atomic mass is 9.82. The number of halogens is 4. The number of nitriles is 1. The molecule has 30 heavy (non-hydrogen) atoms. The third kappa shape index (κ3) is 5.53. The molecule has 158 valence electrons. The second kappa shape index (κ2) is 9.07. The number of carboxylic acids is 1. The zero-order valence-corrected chi connectivity index (χ0v) is 16.7. The van der Waals surface area contributed by atoms with Crippen LogP contribution in [0.15, 0.2) is 42.5 Å². The van der Waals surface area contributed by atoms with Crippen LogP contribution >= 0.6 is 11.6 Å². The summed E-state index contributed by atoms with van der Waals surface area (Å²) in [4.78, 5) is 13.3. The summed E-state index contributed by atoms with van der Waals surface area (Å²) in [6.07, 6.45) is -3.80. The van der Waals surface area contributed by atoms with E-state index in [-0.39, 0.29) is 18.3 Å². The third-order valence-electron chi connectivity index (χ3n) is 5.34. The smallest absolute Gasteiger partial charge is 0.416 e. The summed E-state index contributed by atoms with van der Waals surface area (Å²) in [7, 11) is 0. The average molecular weight is 437 g/mol. The lowest BCUT2D eigenvalue weighted by Gasteiger charge is -2.38. The van der Waals surface area contributed by atoms with E-state index < -0.39 is 17.7 Å². The Morgan fingerprint density at radius 1 is 1.20 bits per heavy atom. The fourth-order valence-electron chi connectivity index (χ4n) is 4.03. The van der Waals surface area contributed by atoms with Gasteiger partial charge < -0.3 is 5.11 Å². The molecule has 1 saturated heterocycles. The van der Waals surface area contributed by atoms with Crippen molar-refractivity contribution in [2.75, 3.05) is 13.1 Å². The quantitative estimate of drug-likeness (QED) is 0.689. The van der Waals surface area contributed by atoms with E-state index in [1.807, 2.05) is 12.1 Å². The van der Waals surface area contributed by atoms with Crippen molar-refractivity contribution in [2.24, 2.45) is 5.92 Å². The number of carboxylic acid groups (broad SMARTS) is 1. The molecule has 2 aromatic carbocycles. The van der Waals surface area contributed by atoms with Gasteiger partial charge in [-0.2, -0.15) is 18.4 Å². The van der Waals surface area contributed by atoms with E-state index in [1.54, 1.807) is 12.1 Å². The van der Waals surface area contributed by atoms with Crippen molar-refractivity contribution in [3.63, 3.8) is 0 Å². The number of rotatable bonds is 5. The van der Waals surface area contributed by atoms with Crippen molar-refractivity contribution in [2.45, 2.75) is 31.5 Å². The molecule has 0 radical (unpaired) electrons. The van der Waals surface area contributed by atoms with Crippen LogP contribution in [0.3, 0.4) is 0 Å². The number of hydrogen-bond acceptors (Lipinski definition) is 3. The van der Waals surface area contributed by atoms with Crippen LogP contribution in [0.1, 0.15) is 41.0 Å². The van der Waals surface area contributed by atoms with Gasteiger partial charge in [0.15, 0.2) is 0 Å². The van der Waals surface area contributed by atoms with Gasteiger partial charge in [-0.15, -0.1) is 0 Å². The number of alkyl halides is 3. The Hall–Kier alpha value is -2.56. The molecule has 0 spiro atoms. The van der Waals surface area contributed by atoms with E-state index in [0.717, 1.165) is 23.3 Å². The third-order valence-corrected chi connectivity index (χ3v) is 5.67. The van der Waals surface area contributed by atoms with Crippen molar-refractivity contribution < 1.29 is 23.1 Å². The number of piperidine rings is 1. The summed E-state index contributed by atoms with van der Waals surface area (Å²) in [6.45, 7) is 1.65. The second-order valence-corrected chi connectivity index (χ2v) is 8.04. The summed E-state index contributed by atoms with van der Waals surface area (Å²) in [5.74, 6) is -1.09. The van der Waals surface area contributed by atoms with Gasteiger partial charge in [-0.05, 0) is 53.6 Å².